The van der Waals surface area contributed by atoms with E-state index < -0.39 is 6.04 Å². The Morgan fingerprint density at radius 2 is 1.71 bits per heavy atom. The van der Waals surface area contributed by atoms with Crippen molar-refractivity contribution < 1.29 is 14.4 Å². The first-order valence-electron chi connectivity index (χ1n) is 9.45. The average Bonchev–Trinajstić information content (AvgIpc) is 3.21. The van der Waals surface area contributed by atoms with Gasteiger partial charge in [-0.25, -0.2) is 0 Å². The fourth-order valence-corrected chi connectivity index (χ4v) is 3.67. The van der Waals surface area contributed by atoms with Gasteiger partial charge < -0.3 is 10.2 Å². The lowest BCUT2D eigenvalue weighted by atomic mass is 10.1. The number of Topliss-reactive ketones (excluding diaryl/α,β-unsaturated/α-hetero) is 1. The predicted molar refractivity (Wildman–Crippen MR) is 108 cm³/mol. The minimum Gasteiger partial charge on any atom is -0.350 e. The maximum atomic E-state index is 12.6. The van der Waals surface area contributed by atoms with Gasteiger partial charge in [0.2, 0.25) is 11.8 Å². The van der Waals surface area contributed by atoms with Gasteiger partial charge in [-0.3, -0.25) is 14.4 Å². The molecule has 1 fully saturated rings. The lowest BCUT2D eigenvalue weighted by molar-refractivity contribution is -0.138. The van der Waals surface area contributed by atoms with E-state index in [2.05, 4.69) is 5.32 Å². The molecule has 1 atom stereocenters. The van der Waals surface area contributed by atoms with Crippen LogP contribution in [0.15, 0.2) is 54.6 Å². The number of ketones is 1. The summed E-state index contributed by atoms with van der Waals surface area (Å²) in [6, 6.07) is 16.0. The Balaban J connectivity index is 1.53. The van der Waals surface area contributed by atoms with E-state index >= 15 is 0 Å². The fourth-order valence-electron chi connectivity index (χ4n) is 3.43. The monoisotopic (exact) mass is 398 g/mol. The number of rotatable bonds is 7. The Labute approximate surface area is 169 Å². The molecule has 2 aromatic carbocycles. The van der Waals surface area contributed by atoms with E-state index in [4.69, 9.17) is 11.6 Å². The van der Waals surface area contributed by atoms with Crippen molar-refractivity contribution in [3.63, 3.8) is 0 Å². The molecule has 1 saturated heterocycles. The van der Waals surface area contributed by atoms with Gasteiger partial charge in [0.05, 0.1) is 5.02 Å². The first-order valence-corrected chi connectivity index (χ1v) is 9.83. The van der Waals surface area contributed by atoms with Gasteiger partial charge in [-0.15, -0.1) is 0 Å². The van der Waals surface area contributed by atoms with Gasteiger partial charge in [0.1, 0.15) is 6.04 Å². The number of likely N-dealkylation sites (tertiary alicyclic amines) is 1. The molecule has 1 unspecified atom stereocenters. The van der Waals surface area contributed by atoms with Crippen LogP contribution in [0.1, 0.15) is 41.6 Å². The topological polar surface area (TPSA) is 66.5 Å². The predicted octanol–water partition coefficient (Wildman–Crippen LogP) is 3.61. The van der Waals surface area contributed by atoms with Gasteiger partial charge in [0.25, 0.3) is 0 Å². The van der Waals surface area contributed by atoms with Gasteiger partial charge in [0, 0.05) is 31.5 Å². The van der Waals surface area contributed by atoms with Crippen LogP contribution in [-0.2, 0) is 16.1 Å². The molecule has 1 N–H and O–H groups in total. The third kappa shape index (κ3) is 4.98. The van der Waals surface area contributed by atoms with Crippen LogP contribution in [0.5, 0.6) is 0 Å². The molecule has 0 aliphatic carbocycles. The molecule has 1 heterocycles. The zero-order chi connectivity index (χ0) is 19.9. The molecule has 0 saturated carbocycles. The Kier molecular flexibility index (Phi) is 6.82. The number of halogens is 1. The summed E-state index contributed by atoms with van der Waals surface area (Å²) in [6.07, 6.45) is 1.59. The van der Waals surface area contributed by atoms with Gasteiger partial charge in [-0.05, 0) is 30.5 Å². The van der Waals surface area contributed by atoms with Crippen molar-refractivity contribution in [1.82, 2.24) is 10.2 Å². The molecular weight excluding hydrogens is 376 g/mol. The molecule has 0 spiro atoms. The third-order valence-corrected chi connectivity index (χ3v) is 5.26. The van der Waals surface area contributed by atoms with Crippen LogP contribution in [0.3, 0.4) is 0 Å². The van der Waals surface area contributed by atoms with E-state index in [1.54, 1.807) is 29.2 Å². The van der Waals surface area contributed by atoms with E-state index in [0.717, 1.165) is 12.0 Å². The summed E-state index contributed by atoms with van der Waals surface area (Å²) in [4.78, 5) is 39.1. The quantitative estimate of drug-likeness (QED) is 0.724. The number of amides is 2. The van der Waals surface area contributed by atoms with Crippen LogP contribution < -0.4 is 5.32 Å². The molecule has 2 amide bonds. The maximum absolute atomic E-state index is 12.6. The second-order valence-electron chi connectivity index (χ2n) is 6.85. The molecule has 0 radical (unpaired) electrons. The Morgan fingerprint density at radius 3 is 2.46 bits per heavy atom. The van der Waals surface area contributed by atoms with Gasteiger partial charge in [-0.1, -0.05) is 54.1 Å². The summed E-state index contributed by atoms with van der Waals surface area (Å²) in [6.45, 7) is 0.978. The lowest BCUT2D eigenvalue weighted by Crippen LogP contribution is -2.45. The summed E-state index contributed by atoms with van der Waals surface area (Å²) in [5.41, 5.74) is 1.44. The number of hydrogen-bond acceptors (Lipinski definition) is 3. The van der Waals surface area contributed by atoms with E-state index in [1.807, 2.05) is 30.3 Å². The van der Waals surface area contributed by atoms with Crippen molar-refractivity contribution in [3.05, 3.63) is 70.7 Å². The molecule has 0 aromatic heterocycles. The summed E-state index contributed by atoms with van der Waals surface area (Å²) < 4.78 is 0. The van der Waals surface area contributed by atoms with Gasteiger partial charge in [-0.2, -0.15) is 0 Å². The summed E-state index contributed by atoms with van der Waals surface area (Å²) in [5.74, 6) is -0.479. The van der Waals surface area contributed by atoms with Crippen molar-refractivity contribution in [2.75, 3.05) is 6.54 Å². The molecule has 0 bridgehead atoms. The number of nitrogens with zero attached hydrogens (tertiary/aromatic N) is 1. The number of benzene rings is 2. The lowest BCUT2D eigenvalue weighted by Gasteiger charge is -2.24. The summed E-state index contributed by atoms with van der Waals surface area (Å²) >= 11 is 6.04. The summed E-state index contributed by atoms with van der Waals surface area (Å²) in [5, 5.41) is 3.29. The highest BCUT2D eigenvalue weighted by Crippen LogP contribution is 2.21. The molecule has 2 aromatic rings. The van der Waals surface area contributed by atoms with E-state index in [0.29, 0.717) is 30.1 Å². The van der Waals surface area contributed by atoms with Gasteiger partial charge >= 0.3 is 0 Å². The highest BCUT2D eigenvalue weighted by atomic mass is 35.5. The SMILES string of the molecule is O=C(CCC(=O)N1CCCC1C(=O)NCc1ccccc1)c1ccccc1Cl. The van der Waals surface area contributed by atoms with E-state index in [-0.39, 0.29) is 30.4 Å². The van der Waals surface area contributed by atoms with Crippen molar-refractivity contribution >= 4 is 29.2 Å². The van der Waals surface area contributed by atoms with Crippen molar-refractivity contribution in [3.8, 4) is 0 Å². The standard InChI is InChI=1S/C22H23ClN2O3/c23-18-10-5-4-9-17(18)20(26)12-13-21(27)25-14-6-11-19(25)22(28)24-15-16-7-2-1-3-8-16/h1-5,7-10,19H,6,11-15H2,(H,24,28). The zero-order valence-electron chi connectivity index (χ0n) is 15.6. The molecular formula is C22H23ClN2O3. The molecule has 6 heteroatoms. The van der Waals surface area contributed by atoms with Crippen LogP contribution in [0.2, 0.25) is 5.02 Å². The largest absolute Gasteiger partial charge is 0.350 e. The molecule has 28 heavy (non-hydrogen) atoms. The van der Waals surface area contributed by atoms with Crippen LogP contribution in [-0.4, -0.2) is 35.1 Å². The van der Waals surface area contributed by atoms with Gasteiger partial charge in [0.15, 0.2) is 5.78 Å². The van der Waals surface area contributed by atoms with Crippen molar-refractivity contribution in [2.24, 2.45) is 0 Å². The number of carbonyl (C=O) groups is 3. The first kappa shape index (κ1) is 20.1. The summed E-state index contributed by atoms with van der Waals surface area (Å²) in [7, 11) is 0. The number of carbonyl (C=O) groups excluding carboxylic acids is 3. The molecule has 5 nitrogen and oxygen atoms in total. The highest BCUT2D eigenvalue weighted by Gasteiger charge is 2.33. The molecule has 1 aliphatic heterocycles. The Morgan fingerprint density at radius 1 is 1.00 bits per heavy atom. The number of nitrogens with one attached hydrogen (secondary N) is 1. The van der Waals surface area contributed by atoms with Crippen LogP contribution >= 0.6 is 11.6 Å². The average molecular weight is 399 g/mol. The van der Waals surface area contributed by atoms with Crippen LogP contribution in [0.25, 0.3) is 0 Å². The van der Waals surface area contributed by atoms with Crippen LogP contribution in [0.4, 0.5) is 0 Å². The number of hydrogen-bond donors (Lipinski definition) is 1. The Hall–Kier alpha value is -2.66. The highest BCUT2D eigenvalue weighted by molar-refractivity contribution is 6.34. The Bertz CT molecular complexity index is 854. The second kappa shape index (κ2) is 9.51. The fraction of sp³-hybridized carbons (Fsp3) is 0.318. The first-order chi connectivity index (χ1) is 13.6. The maximum Gasteiger partial charge on any atom is 0.243 e. The van der Waals surface area contributed by atoms with Crippen molar-refractivity contribution in [1.29, 1.82) is 0 Å². The smallest absolute Gasteiger partial charge is 0.243 e. The second-order valence-corrected chi connectivity index (χ2v) is 7.26. The zero-order valence-corrected chi connectivity index (χ0v) is 16.3. The normalized spacial score (nSPS) is 16.0. The minimum absolute atomic E-state index is 0.0759. The van der Waals surface area contributed by atoms with Crippen LogP contribution in [0, 0.1) is 0 Å². The van der Waals surface area contributed by atoms with E-state index in [1.165, 1.54) is 0 Å². The van der Waals surface area contributed by atoms with Crippen molar-refractivity contribution in [2.45, 2.75) is 38.3 Å². The third-order valence-electron chi connectivity index (χ3n) is 4.93. The van der Waals surface area contributed by atoms with E-state index in [9.17, 15) is 14.4 Å². The molecule has 1 aliphatic rings. The minimum atomic E-state index is -0.466. The molecule has 146 valence electrons. The molecule has 3 rings (SSSR count).